The summed E-state index contributed by atoms with van der Waals surface area (Å²) in [7, 11) is 3.81. The fourth-order valence-electron chi connectivity index (χ4n) is 5.38. The molecule has 2 heterocycles. The minimum absolute atomic E-state index is 0.0703. The molecule has 2 aliphatic heterocycles. The van der Waals surface area contributed by atoms with E-state index in [0.717, 1.165) is 39.3 Å². The molecule has 2 fully saturated rings. The van der Waals surface area contributed by atoms with Crippen LogP contribution in [0.15, 0.2) is 48.5 Å². The quantitative estimate of drug-likeness (QED) is 0.235. The number of benzene rings is 2. The zero-order valence-electron chi connectivity index (χ0n) is 29.7. The Labute approximate surface area is 305 Å². The van der Waals surface area contributed by atoms with Crippen LogP contribution in [0, 0.1) is 11.8 Å². The van der Waals surface area contributed by atoms with E-state index in [1.165, 1.54) is 12.8 Å². The molecule has 0 aliphatic carbocycles. The number of rotatable bonds is 13. The van der Waals surface area contributed by atoms with Crippen molar-refractivity contribution in [1.82, 2.24) is 19.6 Å². The molecule has 2 aliphatic rings. The zero-order chi connectivity index (χ0) is 37.7. The number of halogens is 2. The molecule has 2 amide bonds. The summed E-state index contributed by atoms with van der Waals surface area (Å²) in [5, 5.41) is 33.8. The first-order chi connectivity index (χ1) is 23.4. The van der Waals surface area contributed by atoms with E-state index in [9.17, 15) is 19.2 Å². The summed E-state index contributed by atoms with van der Waals surface area (Å²) >= 11 is 11.7. The van der Waals surface area contributed by atoms with Gasteiger partial charge in [0.15, 0.2) is 12.2 Å². The molecule has 0 bridgehead atoms. The molecule has 0 radical (unpaired) electrons. The number of nitrogens with zero attached hydrogens (tertiary/aromatic N) is 4. The van der Waals surface area contributed by atoms with Crippen molar-refractivity contribution in [3.63, 3.8) is 0 Å². The third-order valence-electron chi connectivity index (χ3n) is 8.95. The number of hydrogen-bond donors (Lipinski definition) is 4. The number of carbonyl (C=O) groups is 4. The lowest BCUT2D eigenvalue weighted by molar-refractivity contribution is -0.165. The van der Waals surface area contributed by atoms with Gasteiger partial charge in [-0.2, -0.15) is 0 Å². The number of aliphatic carboxylic acids is 2. The molecule has 2 aromatic carbocycles. The number of carbonyl (C=O) groups excluding carboxylic acids is 2. The summed E-state index contributed by atoms with van der Waals surface area (Å²) in [6.07, 6.45) is -1.98. The molecule has 14 heteroatoms. The highest BCUT2D eigenvalue weighted by Gasteiger charge is 2.30. The second kappa shape index (κ2) is 20.6. The van der Waals surface area contributed by atoms with Crippen LogP contribution in [0.1, 0.15) is 61.3 Å². The molecule has 12 nitrogen and oxygen atoms in total. The summed E-state index contributed by atoms with van der Waals surface area (Å²) in [5.41, 5.74) is 1.40. The van der Waals surface area contributed by atoms with Crippen molar-refractivity contribution in [3.05, 3.63) is 69.7 Å². The van der Waals surface area contributed by atoms with E-state index in [2.05, 4.69) is 37.5 Å². The van der Waals surface area contributed by atoms with Gasteiger partial charge in [-0.3, -0.25) is 9.59 Å². The molecule has 0 aromatic heterocycles. The van der Waals surface area contributed by atoms with Crippen LogP contribution in [0.4, 0.5) is 0 Å². The topological polar surface area (TPSA) is 162 Å². The number of aliphatic hydroxyl groups is 2. The van der Waals surface area contributed by atoms with Gasteiger partial charge in [-0.25, -0.2) is 9.59 Å². The van der Waals surface area contributed by atoms with Crippen molar-refractivity contribution in [2.45, 2.75) is 64.8 Å². The number of carboxylic acids is 2. The van der Waals surface area contributed by atoms with E-state index in [-0.39, 0.29) is 23.9 Å². The first kappa shape index (κ1) is 42.9. The van der Waals surface area contributed by atoms with Gasteiger partial charge >= 0.3 is 11.9 Å². The highest BCUT2D eigenvalue weighted by Crippen LogP contribution is 2.20. The summed E-state index contributed by atoms with van der Waals surface area (Å²) < 4.78 is 0. The maximum Gasteiger partial charge on any atom is 0.335 e. The van der Waals surface area contributed by atoms with Crippen molar-refractivity contribution in [3.8, 4) is 0 Å². The molecule has 0 spiro atoms. The third kappa shape index (κ3) is 13.1. The number of aliphatic hydroxyl groups excluding tert-OH is 2. The Morgan fingerprint density at radius 2 is 0.900 bits per heavy atom. The number of carboxylic acid groups (broad SMARTS) is 2. The van der Waals surface area contributed by atoms with Gasteiger partial charge in [-0.05, 0) is 99.4 Å². The third-order valence-corrected chi connectivity index (χ3v) is 9.45. The number of likely N-dealkylation sites (N-methyl/N-ethyl adjacent to an activating group) is 2. The van der Waals surface area contributed by atoms with Gasteiger partial charge in [0.2, 0.25) is 0 Å². The van der Waals surface area contributed by atoms with Crippen molar-refractivity contribution >= 4 is 47.0 Å². The molecule has 4 atom stereocenters. The highest BCUT2D eigenvalue weighted by atomic mass is 35.5. The summed E-state index contributed by atoms with van der Waals surface area (Å²) in [4.78, 5) is 53.2. The average molecular weight is 740 g/mol. The molecule has 50 heavy (non-hydrogen) atoms. The molecular formula is C36H52Cl2N4O8. The maximum atomic E-state index is 12.6. The van der Waals surface area contributed by atoms with Gasteiger partial charge in [0.1, 0.15) is 0 Å². The van der Waals surface area contributed by atoms with Gasteiger partial charge in [0.05, 0.1) is 0 Å². The highest BCUT2D eigenvalue weighted by molar-refractivity contribution is 6.31. The lowest BCUT2D eigenvalue weighted by Crippen LogP contribution is -2.51. The standard InChI is InChI=1S/2C16H23ClN2O.C4H6O6/c2*1-12(2)15(11-19-9-4-10-19)18(3)16(20)13-5-7-14(17)8-6-13;5-1(3(7)8)2(6)4(9)10/h2*5-8,12,15H,4,9-11H2,1-3H3;1-2,5-6H,(H,7,8)(H,9,10). The van der Waals surface area contributed by atoms with E-state index in [1.54, 1.807) is 48.5 Å². The lowest BCUT2D eigenvalue weighted by atomic mass is 10.00. The summed E-state index contributed by atoms with van der Waals surface area (Å²) in [6, 6.07) is 14.7. The SMILES string of the molecule is CC(C)C(CN1CCC1)N(C)C(=O)c1ccc(Cl)cc1.CC(C)C(CN1CCC1)N(C)C(=O)c1ccc(Cl)cc1.O=C(O)C(O)C(O)C(=O)O. The minimum Gasteiger partial charge on any atom is -0.479 e. The maximum absolute atomic E-state index is 12.6. The van der Waals surface area contributed by atoms with Gasteiger partial charge in [0.25, 0.3) is 11.8 Å². The molecule has 2 saturated heterocycles. The Morgan fingerprint density at radius 1 is 0.620 bits per heavy atom. The monoisotopic (exact) mass is 738 g/mol. The summed E-state index contributed by atoms with van der Waals surface area (Å²) in [6.45, 7) is 15.3. The average Bonchev–Trinajstić information content (AvgIpc) is 3.02. The van der Waals surface area contributed by atoms with Crippen molar-refractivity contribution in [2.75, 3.05) is 53.4 Å². The van der Waals surface area contributed by atoms with Crippen molar-refractivity contribution in [2.24, 2.45) is 11.8 Å². The van der Waals surface area contributed by atoms with Crippen molar-refractivity contribution < 1.29 is 39.6 Å². The molecule has 2 aromatic rings. The fourth-order valence-corrected chi connectivity index (χ4v) is 5.63. The van der Waals surface area contributed by atoms with Gasteiger partial charge < -0.3 is 40.0 Å². The van der Waals surface area contributed by atoms with E-state index in [4.69, 9.17) is 43.6 Å². The molecule has 0 saturated carbocycles. The first-order valence-electron chi connectivity index (χ1n) is 16.8. The van der Waals surface area contributed by atoms with Crippen LogP contribution >= 0.6 is 23.2 Å². The number of likely N-dealkylation sites (tertiary alicyclic amines) is 2. The van der Waals surface area contributed by atoms with E-state index in [0.29, 0.717) is 33.0 Å². The molecule has 278 valence electrons. The van der Waals surface area contributed by atoms with Crippen molar-refractivity contribution in [1.29, 1.82) is 0 Å². The molecule has 4 N–H and O–H groups in total. The normalized spacial score (nSPS) is 16.6. The number of hydrogen-bond acceptors (Lipinski definition) is 8. The van der Waals surface area contributed by atoms with Gasteiger partial charge in [-0.1, -0.05) is 50.9 Å². The predicted molar refractivity (Wildman–Crippen MR) is 194 cm³/mol. The fraction of sp³-hybridized carbons (Fsp3) is 0.556. The number of amides is 2. The molecular weight excluding hydrogens is 687 g/mol. The first-order valence-corrected chi connectivity index (χ1v) is 17.5. The molecule has 4 rings (SSSR count). The van der Waals surface area contributed by atoms with Crippen LogP contribution in [0.25, 0.3) is 0 Å². The van der Waals surface area contributed by atoms with Crippen LogP contribution in [-0.2, 0) is 9.59 Å². The predicted octanol–water partition coefficient (Wildman–Crippen LogP) is 4.16. The Hall–Kier alpha value is -3.26. The zero-order valence-corrected chi connectivity index (χ0v) is 31.2. The Bertz CT molecular complexity index is 1280. The second-order valence-electron chi connectivity index (χ2n) is 13.3. The van der Waals surface area contributed by atoms with Crippen LogP contribution in [0.5, 0.6) is 0 Å². The van der Waals surface area contributed by atoms with Crippen LogP contribution in [-0.4, -0.2) is 141 Å². The Balaban J connectivity index is 0.000000276. The smallest absolute Gasteiger partial charge is 0.335 e. The van der Waals surface area contributed by atoms with E-state index in [1.807, 2.05) is 23.9 Å². The minimum atomic E-state index is -2.27. The van der Waals surface area contributed by atoms with Crippen LogP contribution < -0.4 is 0 Å². The Morgan fingerprint density at radius 3 is 1.10 bits per heavy atom. The van der Waals surface area contributed by atoms with Gasteiger partial charge in [-0.15, -0.1) is 0 Å². The van der Waals surface area contributed by atoms with Gasteiger partial charge in [0, 0.05) is 60.4 Å². The van der Waals surface area contributed by atoms with Crippen LogP contribution in [0.2, 0.25) is 10.0 Å². The largest absolute Gasteiger partial charge is 0.479 e. The van der Waals surface area contributed by atoms with E-state index >= 15 is 0 Å². The lowest BCUT2D eigenvalue weighted by Gasteiger charge is -2.39. The van der Waals surface area contributed by atoms with E-state index < -0.39 is 24.1 Å². The summed E-state index contributed by atoms with van der Waals surface area (Å²) in [5.74, 6) is -2.51. The van der Waals surface area contributed by atoms with Crippen LogP contribution in [0.3, 0.4) is 0 Å². The molecule has 4 unspecified atom stereocenters. The Kier molecular flexibility index (Phi) is 17.6. The second-order valence-corrected chi connectivity index (χ2v) is 14.2.